The van der Waals surface area contributed by atoms with E-state index in [-0.39, 0.29) is 17.5 Å². The van der Waals surface area contributed by atoms with Gasteiger partial charge in [0.15, 0.2) is 0 Å². The first-order chi connectivity index (χ1) is 14.1. The van der Waals surface area contributed by atoms with Crippen LogP contribution in [0.4, 0.5) is 14.9 Å². The van der Waals surface area contributed by atoms with Crippen molar-refractivity contribution in [2.24, 2.45) is 0 Å². The number of hydrogen-bond donors (Lipinski definition) is 2. The Labute approximate surface area is 165 Å². The van der Waals surface area contributed by atoms with Crippen LogP contribution in [0.3, 0.4) is 0 Å². The first kappa shape index (κ1) is 18.9. The second-order valence-electron chi connectivity index (χ2n) is 6.75. The number of carbonyl (C=O) groups excluding carboxylic acids is 2. The van der Waals surface area contributed by atoms with Gasteiger partial charge in [-0.1, -0.05) is 0 Å². The molecule has 0 saturated heterocycles. The summed E-state index contributed by atoms with van der Waals surface area (Å²) in [6.07, 6.45) is 6.18. The molecule has 1 saturated carbocycles. The summed E-state index contributed by atoms with van der Waals surface area (Å²) >= 11 is 0. The van der Waals surface area contributed by atoms with Gasteiger partial charge in [0.05, 0.1) is 16.6 Å². The van der Waals surface area contributed by atoms with E-state index in [4.69, 9.17) is 9.47 Å². The summed E-state index contributed by atoms with van der Waals surface area (Å²) in [5, 5.41) is 6.38. The number of fused-ring (bicyclic) bond motifs is 1. The van der Waals surface area contributed by atoms with Crippen molar-refractivity contribution in [1.29, 1.82) is 0 Å². The number of ether oxygens (including phenoxy) is 2. The first-order valence-corrected chi connectivity index (χ1v) is 9.08. The minimum absolute atomic E-state index is 0.0567. The lowest BCUT2D eigenvalue weighted by atomic mass is 10.0. The van der Waals surface area contributed by atoms with Gasteiger partial charge in [-0.25, -0.2) is 14.0 Å². The summed E-state index contributed by atoms with van der Waals surface area (Å²) < 4.78 is 25.5. The minimum Gasteiger partial charge on any atom is -0.456 e. The van der Waals surface area contributed by atoms with E-state index >= 15 is 0 Å². The van der Waals surface area contributed by atoms with Gasteiger partial charge in [0, 0.05) is 30.6 Å². The Morgan fingerprint density at radius 1 is 1.31 bits per heavy atom. The van der Waals surface area contributed by atoms with Gasteiger partial charge in [0.2, 0.25) is 0 Å². The second kappa shape index (κ2) is 7.87. The number of nitrogens with zero attached hydrogens (tertiary/aromatic N) is 1. The van der Waals surface area contributed by atoms with Crippen molar-refractivity contribution < 1.29 is 23.5 Å². The van der Waals surface area contributed by atoms with E-state index in [1.165, 1.54) is 19.2 Å². The van der Waals surface area contributed by atoms with E-state index in [9.17, 15) is 14.0 Å². The van der Waals surface area contributed by atoms with Crippen LogP contribution in [0.15, 0.2) is 36.0 Å². The smallest absolute Gasteiger partial charge is 0.319 e. The lowest BCUT2D eigenvalue weighted by molar-refractivity contribution is 0.183. The molecule has 0 radical (unpaired) electrons. The third-order valence-electron chi connectivity index (χ3n) is 4.60. The molecule has 0 aliphatic heterocycles. The number of methoxy groups -OCH3 is 1. The van der Waals surface area contributed by atoms with Gasteiger partial charge in [-0.3, -0.25) is 4.98 Å². The van der Waals surface area contributed by atoms with Crippen molar-refractivity contribution in [2.75, 3.05) is 12.4 Å². The third kappa shape index (κ3) is 4.18. The second-order valence-corrected chi connectivity index (χ2v) is 6.75. The van der Waals surface area contributed by atoms with Gasteiger partial charge >= 0.3 is 6.03 Å². The van der Waals surface area contributed by atoms with Crippen molar-refractivity contribution >= 4 is 29.8 Å². The van der Waals surface area contributed by atoms with Crippen LogP contribution >= 0.6 is 0 Å². The Morgan fingerprint density at radius 2 is 2.14 bits per heavy atom. The molecule has 2 N–H and O–H groups in total. The number of aromatic nitrogens is 1. The summed E-state index contributed by atoms with van der Waals surface area (Å²) in [5.74, 6) is 1.87. The molecule has 1 fully saturated rings. The van der Waals surface area contributed by atoms with Crippen LogP contribution < -0.4 is 25.9 Å². The molecule has 4 rings (SSSR count). The predicted octanol–water partition coefficient (Wildman–Crippen LogP) is 1.64. The van der Waals surface area contributed by atoms with Gasteiger partial charge in [0.25, 0.3) is 0 Å². The molecule has 1 heterocycles. The fourth-order valence-electron chi connectivity index (χ4n) is 2.95. The largest absolute Gasteiger partial charge is 0.456 e. The van der Waals surface area contributed by atoms with E-state index in [1.54, 1.807) is 30.5 Å². The Bertz CT molecular complexity index is 1140. The summed E-state index contributed by atoms with van der Waals surface area (Å²) in [7, 11) is 1.49. The van der Waals surface area contributed by atoms with Crippen LogP contribution in [-0.2, 0) is 9.53 Å². The molecule has 2 aliphatic rings. The van der Waals surface area contributed by atoms with Crippen LogP contribution in [0, 0.1) is 5.82 Å². The standard InChI is InChI=1S/C21H18FN3O4/c1-28-20-10-18-15(8-12(20)11-26)19(6-7-23-18)29-14-4-5-17(16(22)9-14)25-21(27)24-13-2-3-13/h4-10,13,20H,2-3H2,1H3,(H2,24,25,27). The average molecular weight is 395 g/mol. The number of carbonyl (C=O) groups is 1. The van der Waals surface area contributed by atoms with Crippen LogP contribution in [-0.4, -0.2) is 36.2 Å². The van der Waals surface area contributed by atoms with Crippen molar-refractivity contribution in [3.05, 3.63) is 52.4 Å². The summed E-state index contributed by atoms with van der Waals surface area (Å²) in [6.45, 7) is 0. The Morgan fingerprint density at radius 3 is 2.83 bits per heavy atom. The summed E-state index contributed by atoms with van der Waals surface area (Å²) in [4.78, 5) is 27.3. The molecule has 1 aromatic heterocycles. The van der Waals surface area contributed by atoms with Crippen LogP contribution in [0.5, 0.6) is 11.5 Å². The van der Waals surface area contributed by atoms with Gasteiger partial charge in [0.1, 0.15) is 29.4 Å². The highest BCUT2D eigenvalue weighted by atomic mass is 19.1. The molecular formula is C21H18FN3O4. The van der Waals surface area contributed by atoms with Gasteiger partial charge in [-0.15, -0.1) is 0 Å². The van der Waals surface area contributed by atoms with Crippen molar-refractivity contribution in [1.82, 2.24) is 10.3 Å². The van der Waals surface area contributed by atoms with Crippen LogP contribution in [0.2, 0.25) is 0 Å². The van der Waals surface area contributed by atoms with E-state index < -0.39 is 18.0 Å². The quantitative estimate of drug-likeness (QED) is 0.752. The van der Waals surface area contributed by atoms with Crippen molar-refractivity contribution in [3.8, 4) is 11.5 Å². The molecular weight excluding hydrogens is 377 g/mol. The highest BCUT2D eigenvalue weighted by Gasteiger charge is 2.23. The lowest BCUT2D eigenvalue weighted by Gasteiger charge is -2.15. The Kier molecular flexibility index (Phi) is 5.12. The molecule has 2 aliphatic carbocycles. The Hall–Kier alpha value is -3.48. The van der Waals surface area contributed by atoms with E-state index in [2.05, 4.69) is 15.6 Å². The maximum Gasteiger partial charge on any atom is 0.319 e. The highest BCUT2D eigenvalue weighted by Crippen LogP contribution is 2.25. The number of benzene rings is 1. The van der Waals surface area contributed by atoms with Gasteiger partial charge in [-0.2, -0.15) is 0 Å². The van der Waals surface area contributed by atoms with Gasteiger partial charge in [-0.05, 0) is 43.2 Å². The fraction of sp³-hybridized carbons (Fsp3) is 0.238. The van der Waals surface area contributed by atoms with Gasteiger partial charge < -0.3 is 20.1 Å². The zero-order valence-electron chi connectivity index (χ0n) is 15.6. The number of rotatable bonds is 5. The molecule has 1 atom stereocenters. The predicted molar refractivity (Wildman–Crippen MR) is 104 cm³/mol. The number of nitrogens with one attached hydrogen (secondary N) is 2. The zero-order valence-corrected chi connectivity index (χ0v) is 15.6. The summed E-state index contributed by atoms with van der Waals surface area (Å²) in [5.41, 5.74) is 0.367. The number of pyridine rings is 1. The number of halogens is 1. The molecule has 2 amide bonds. The first-order valence-electron chi connectivity index (χ1n) is 9.08. The SMILES string of the molecule is COC1C=c2nccc(Oc3ccc(NC(=O)NC4CC4)c(F)c3)c2=CC1=C=O. The monoisotopic (exact) mass is 395 g/mol. The Balaban J connectivity index is 1.58. The lowest BCUT2D eigenvalue weighted by Crippen LogP contribution is -2.36. The fourth-order valence-corrected chi connectivity index (χ4v) is 2.95. The molecule has 1 aromatic carbocycles. The van der Waals surface area contributed by atoms with Crippen molar-refractivity contribution in [2.45, 2.75) is 25.0 Å². The van der Waals surface area contributed by atoms with Crippen molar-refractivity contribution in [3.63, 3.8) is 0 Å². The highest BCUT2D eigenvalue weighted by molar-refractivity contribution is 5.89. The minimum atomic E-state index is -0.625. The summed E-state index contributed by atoms with van der Waals surface area (Å²) in [6, 6.07) is 5.51. The number of hydrogen-bond acceptors (Lipinski definition) is 5. The van der Waals surface area contributed by atoms with E-state index in [1.807, 2.05) is 5.94 Å². The molecule has 2 aromatic rings. The molecule has 7 nitrogen and oxygen atoms in total. The maximum absolute atomic E-state index is 14.4. The van der Waals surface area contributed by atoms with E-state index in [0.717, 1.165) is 12.8 Å². The third-order valence-corrected chi connectivity index (χ3v) is 4.60. The topological polar surface area (TPSA) is 89.6 Å². The van der Waals surface area contributed by atoms with Crippen LogP contribution in [0.1, 0.15) is 12.8 Å². The number of anilines is 1. The molecule has 0 bridgehead atoms. The number of urea groups is 1. The maximum atomic E-state index is 14.4. The molecule has 0 spiro atoms. The number of amides is 2. The van der Waals surface area contributed by atoms with Crippen LogP contribution in [0.25, 0.3) is 12.2 Å². The molecule has 1 unspecified atom stereocenters. The zero-order chi connectivity index (χ0) is 20.4. The molecule has 29 heavy (non-hydrogen) atoms. The van der Waals surface area contributed by atoms with E-state index in [0.29, 0.717) is 21.9 Å². The molecule has 148 valence electrons. The normalized spacial score (nSPS) is 17.3. The average Bonchev–Trinajstić information content (AvgIpc) is 3.53. The molecule has 8 heteroatoms.